The second-order valence-corrected chi connectivity index (χ2v) is 4.19. The first kappa shape index (κ1) is 12.1. The molecule has 0 saturated carbocycles. The average molecular weight is 242 g/mol. The number of H-pyrrole nitrogens is 1. The van der Waals surface area contributed by atoms with Gasteiger partial charge in [0.2, 0.25) is 5.56 Å². The molecule has 4 nitrogen and oxygen atoms in total. The fourth-order valence-electron chi connectivity index (χ4n) is 1.61. The predicted octanol–water partition coefficient (Wildman–Crippen LogP) is 2.24. The molecule has 1 aromatic carbocycles. The van der Waals surface area contributed by atoms with E-state index >= 15 is 0 Å². The minimum atomic E-state index is -0.289. The molecule has 2 aromatic rings. The van der Waals surface area contributed by atoms with Gasteiger partial charge in [0.1, 0.15) is 0 Å². The molecule has 1 heterocycles. The van der Waals surface area contributed by atoms with Crippen molar-refractivity contribution < 1.29 is 4.79 Å². The van der Waals surface area contributed by atoms with Crippen molar-refractivity contribution >= 4 is 11.6 Å². The van der Waals surface area contributed by atoms with Gasteiger partial charge in [-0.05, 0) is 43.2 Å². The molecule has 0 radical (unpaired) electrons. The van der Waals surface area contributed by atoms with Crippen LogP contribution in [0.3, 0.4) is 0 Å². The molecule has 0 fully saturated rings. The second kappa shape index (κ2) is 4.87. The highest BCUT2D eigenvalue weighted by Crippen LogP contribution is 2.14. The quantitative estimate of drug-likeness (QED) is 0.848. The molecule has 0 unspecified atom stereocenters. The topological polar surface area (TPSA) is 62.0 Å². The highest BCUT2D eigenvalue weighted by Gasteiger charge is 2.06. The van der Waals surface area contributed by atoms with Crippen molar-refractivity contribution in [1.82, 2.24) is 4.98 Å². The average Bonchev–Trinajstić information content (AvgIpc) is 2.34. The number of carbonyl (C=O) groups is 1. The predicted molar refractivity (Wildman–Crippen MR) is 70.9 cm³/mol. The van der Waals surface area contributed by atoms with Crippen LogP contribution in [0.2, 0.25) is 0 Å². The molecule has 4 heteroatoms. The number of aryl methyl sites for hydroxylation is 2. The van der Waals surface area contributed by atoms with Crippen LogP contribution in [0.5, 0.6) is 0 Å². The van der Waals surface area contributed by atoms with Crippen LogP contribution >= 0.6 is 0 Å². The number of hydrogen-bond donors (Lipinski definition) is 2. The molecule has 1 aromatic heterocycles. The van der Waals surface area contributed by atoms with Gasteiger partial charge in [0, 0.05) is 23.5 Å². The molecule has 1 amide bonds. The number of hydrogen-bond acceptors (Lipinski definition) is 2. The van der Waals surface area contributed by atoms with Gasteiger partial charge >= 0.3 is 0 Å². The first-order chi connectivity index (χ1) is 8.56. The number of aromatic nitrogens is 1. The lowest BCUT2D eigenvalue weighted by molar-refractivity contribution is 0.102. The lowest BCUT2D eigenvalue weighted by atomic mass is 10.1. The maximum atomic E-state index is 11.9. The van der Waals surface area contributed by atoms with Gasteiger partial charge in [-0.25, -0.2) is 0 Å². The van der Waals surface area contributed by atoms with Crippen LogP contribution in [0.25, 0.3) is 0 Å². The molecule has 0 aliphatic carbocycles. The van der Waals surface area contributed by atoms with Crippen molar-refractivity contribution in [1.29, 1.82) is 0 Å². The van der Waals surface area contributed by atoms with Crippen LogP contribution in [0, 0.1) is 13.8 Å². The van der Waals surface area contributed by atoms with Gasteiger partial charge in [-0.15, -0.1) is 0 Å². The van der Waals surface area contributed by atoms with Gasteiger partial charge in [0.15, 0.2) is 0 Å². The van der Waals surface area contributed by atoms with E-state index in [1.54, 1.807) is 6.07 Å². The molecule has 2 rings (SSSR count). The van der Waals surface area contributed by atoms with Gasteiger partial charge < -0.3 is 10.3 Å². The molecule has 0 atom stereocenters. The molecule has 0 bridgehead atoms. The number of anilines is 1. The Morgan fingerprint density at radius 2 is 1.89 bits per heavy atom. The van der Waals surface area contributed by atoms with Crippen molar-refractivity contribution in [3.63, 3.8) is 0 Å². The number of benzene rings is 1. The maximum Gasteiger partial charge on any atom is 0.255 e. The number of amides is 1. The minimum absolute atomic E-state index is 0.288. The van der Waals surface area contributed by atoms with Gasteiger partial charge in [-0.3, -0.25) is 9.59 Å². The molecular weight excluding hydrogens is 228 g/mol. The van der Waals surface area contributed by atoms with E-state index in [9.17, 15) is 9.59 Å². The van der Waals surface area contributed by atoms with E-state index in [0.29, 0.717) is 5.56 Å². The fourth-order valence-corrected chi connectivity index (χ4v) is 1.61. The van der Waals surface area contributed by atoms with E-state index in [2.05, 4.69) is 10.3 Å². The summed E-state index contributed by atoms with van der Waals surface area (Å²) in [5, 5.41) is 2.76. The highest BCUT2D eigenvalue weighted by atomic mass is 16.2. The zero-order chi connectivity index (χ0) is 13.1. The van der Waals surface area contributed by atoms with Crippen LogP contribution in [0.4, 0.5) is 5.69 Å². The van der Waals surface area contributed by atoms with E-state index in [0.717, 1.165) is 11.3 Å². The molecule has 0 aliphatic rings. The van der Waals surface area contributed by atoms with Crippen LogP contribution < -0.4 is 10.9 Å². The van der Waals surface area contributed by atoms with E-state index in [-0.39, 0.29) is 11.5 Å². The summed E-state index contributed by atoms with van der Waals surface area (Å²) in [6, 6.07) is 8.53. The lowest BCUT2D eigenvalue weighted by Crippen LogP contribution is -2.15. The van der Waals surface area contributed by atoms with Crippen molar-refractivity contribution in [3.8, 4) is 0 Å². The molecule has 2 N–H and O–H groups in total. The molecule has 0 aliphatic heterocycles. The van der Waals surface area contributed by atoms with Crippen LogP contribution in [-0.4, -0.2) is 10.9 Å². The standard InChI is InChI=1S/C14H14N2O2/c1-9-3-4-12(7-10(9)2)16-14(18)11-5-6-15-13(17)8-11/h3-8H,1-2H3,(H,15,17)(H,16,18). The third kappa shape index (κ3) is 2.66. The molecule has 18 heavy (non-hydrogen) atoms. The molecular formula is C14H14N2O2. The molecule has 92 valence electrons. The first-order valence-electron chi connectivity index (χ1n) is 5.63. The summed E-state index contributed by atoms with van der Waals surface area (Å²) < 4.78 is 0. The Balaban J connectivity index is 2.21. The van der Waals surface area contributed by atoms with E-state index in [1.807, 2.05) is 32.0 Å². The van der Waals surface area contributed by atoms with Crippen LogP contribution in [0.15, 0.2) is 41.3 Å². The number of rotatable bonds is 2. The van der Waals surface area contributed by atoms with Crippen LogP contribution in [0.1, 0.15) is 21.5 Å². The zero-order valence-electron chi connectivity index (χ0n) is 10.3. The number of carbonyl (C=O) groups excluding carboxylic acids is 1. The van der Waals surface area contributed by atoms with E-state index in [4.69, 9.17) is 0 Å². The van der Waals surface area contributed by atoms with Crippen molar-refractivity contribution in [3.05, 3.63) is 63.6 Å². The van der Waals surface area contributed by atoms with Gasteiger partial charge in [-0.2, -0.15) is 0 Å². The van der Waals surface area contributed by atoms with Gasteiger partial charge in [0.25, 0.3) is 5.91 Å². The second-order valence-electron chi connectivity index (χ2n) is 4.19. The largest absolute Gasteiger partial charge is 0.329 e. The smallest absolute Gasteiger partial charge is 0.255 e. The van der Waals surface area contributed by atoms with Crippen molar-refractivity contribution in [2.75, 3.05) is 5.32 Å². The molecule has 0 spiro atoms. The Morgan fingerprint density at radius 1 is 1.11 bits per heavy atom. The summed E-state index contributed by atoms with van der Waals surface area (Å²) >= 11 is 0. The Labute approximate surface area is 105 Å². The lowest BCUT2D eigenvalue weighted by Gasteiger charge is -2.07. The van der Waals surface area contributed by atoms with Crippen molar-refractivity contribution in [2.24, 2.45) is 0 Å². The van der Waals surface area contributed by atoms with E-state index < -0.39 is 0 Å². The summed E-state index contributed by atoms with van der Waals surface area (Å²) in [4.78, 5) is 25.5. The van der Waals surface area contributed by atoms with Gasteiger partial charge in [0.05, 0.1) is 0 Å². The maximum absolute atomic E-state index is 11.9. The highest BCUT2D eigenvalue weighted by molar-refractivity contribution is 6.04. The van der Waals surface area contributed by atoms with Crippen LogP contribution in [-0.2, 0) is 0 Å². The summed E-state index contributed by atoms with van der Waals surface area (Å²) in [6.45, 7) is 4.00. The Morgan fingerprint density at radius 3 is 2.56 bits per heavy atom. The number of aromatic amines is 1. The zero-order valence-corrected chi connectivity index (χ0v) is 10.3. The normalized spacial score (nSPS) is 10.1. The Bertz CT molecular complexity index is 644. The van der Waals surface area contributed by atoms with Crippen molar-refractivity contribution in [2.45, 2.75) is 13.8 Å². The number of nitrogens with one attached hydrogen (secondary N) is 2. The first-order valence-corrected chi connectivity index (χ1v) is 5.63. The third-order valence-corrected chi connectivity index (χ3v) is 2.80. The van der Waals surface area contributed by atoms with E-state index in [1.165, 1.54) is 17.8 Å². The third-order valence-electron chi connectivity index (χ3n) is 2.80. The number of pyridine rings is 1. The minimum Gasteiger partial charge on any atom is -0.329 e. The summed E-state index contributed by atoms with van der Waals surface area (Å²) in [6.07, 6.45) is 1.46. The fraction of sp³-hybridized carbons (Fsp3) is 0.143. The summed E-state index contributed by atoms with van der Waals surface area (Å²) in [5.74, 6) is -0.288. The summed E-state index contributed by atoms with van der Waals surface area (Å²) in [7, 11) is 0. The summed E-state index contributed by atoms with van der Waals surface area (Å²) in [5.41, 5.74) is 3.06. The molecule has 0 saturated heterocycles. The monoisotopic (exact) mass is 242 g/mol. The Kier molecular flexibility index (Phi) is 3.28. The SMILES string of the molecule is Cc1ccc(NC(=O)c2cc[nH]c(=O)c2)cc1C. The van der Waals surface area contributed by atoms with Gasteiger partial charge in [-0.1, -0.05) is 6.07 Å². The Hall–Kier alpha value is -2.36.